The van der Waals surface area contributed by atoms with Gasteiger partial charge in [0.05, 0.1) is 20.1 Å². The molecule has 1 heterocycles. The highest BCUT2D eigenvalue weighted by Gasteiger charge is 2.28. The minimum Gasteiger partial charge on any atom is -0.497 e. The van der Waals surface area contributed by atoms with E-state index < -0.39 is 0 Å². The molecule has 0 unspecified atom stereocenters. The lowest BCUT2D eigenvalue weighted by Crippen LogP contribution is -2.15. The number of amides is 1. The number of fused-ring (bicyclic) bond motifs is 1. The summed E-state index contributed by atoms with van der Waals surface area (Å²) in [5, 5.41) is 2.87. The van der Waals surface area contributed by atoms with Gasteiger partial charge in [-0.2, -0.15) is 0 Å². The fourth-order valence-corrected chi connectivity index (χ4v) is 2.68. The molecular weight excluding hydrogens is 332 g/mol. The molecule has 3 aromatic rings. The molecule has 2 aromatic carbocycles. The number of methoxy groups -OCH3 is 1. The number of aromatic nitrogens is 1. The minimum absolute atomic E-state index is 0.108. The molecule has 1 aliphatic rings. The number of carbonyl (C=O) groups is 1. The van der Waals surface area contributed by atoms with Crippen LogP contribution in [0, 0.1) is 0 Å². The second kappa shape index (κ2) is 7.07. The van der Waals surface area contributed by atoms with E-state index in [-0.39, 0.29) is 12.3 Å². The average Bonchev–Trinajstić information content (AvgIpc) is 3.42. The van der Waals surface area contributed by atoms with Crippen molar-refractivity contribution in [3.8, 4) is 11.5 Å². The molecule has 1 N–H and O–H groups in total. The zero-order valence-corrected chi connectivity index (χ0v) is 14.5. The summed E-state index contributed by atoms with van der Waals surface area (Å²) in [5.74, 6) is 2.63. The zero-order chi connectivity index (χ0) is 17.9. The molecular formula is C20H20N2O4. The quantitative estimate of drug-likeness (QED) is 0.692. The maximum absolute atomic E-state index is 12.1. The van der Waals surface area contributed by atoms with Gasteiger partial charge in [0, 0.05) is 11.6 Å². The predicted molar refractivity (Wildman–Crippen MR) is 97.7 cm³/mol. The van der Waals surface area contributed by atoms with Gasteiger partial charge in [0.1, 0.15) is 17.0 Å². The van der Waals surface area contributed by atoms with Gasteiger partial charge in [-0.25, -0.2) is 4.98 Å². The molecule has 6 heteroatoms. The van der Waals surface area contributed by atoms with Crippen molar-refractivity contribution in [3.63, 3.8) is 0 Å². The number of nitrogens with zero attached hydrogens (tertiary/aromatic N) is 1. The van der Waals surface area contributed by atoms with E-state index in [1.807, 2.05) is 42.5 Å². The lowest BCUT2D eigenvalue weighted by Gasteiger charge is -2.08. The summed E-state index contributed by atoms with van der Waals surface area (Å²) in [7, 11) is 1.61. The van der Waals surface area contributed by atoms with E-state index in [1.54, 1.807) is 7.11 Å². The average molecular weight is 352 g/mol. The number of hydrogen-bond acceptors (Lipinski definition) is 5. The molecule has 1 saturated carbocycles. The van der Waals surface area contributed by atoms with Gasteiger partial charge < -0.3 is 19.2 Å². The molecule has 0 saturated heterocycles. The summed E-state index contributed by atoms with van der Waals surface area (Å²) in [5.41, 5.74) is 2.24. The van der Waals surface area contributed by atoms with Crippen LogP contribution >= 0.6 is 0 Å². The third-order valence-corrected chi connectivity index (χ3v) is 4.27. The topological polar surface area (TPSA) is 73.6 Å². The Morgan fingerprint density at radius 3 is 2.69 bits per heavy atom. The van der Waals surface area contributed by atoms with Gasteiger partial charge in [0.15, 0.2) is 11.5 Å². The molecule has 1 fully saturated rings. The second-order valence-corrected chi connectivity index (χ2v) is 6.33. The summed E-state index contributed by atoms with van der Waals surface area (Å²) >= 11 is 0. The Balaban J connectivity index is 1.30. The summed E-state index contributed by atoms with van der Waals surface area (Å²) < 4.78 is 16.4. The zero-order valence-electron chi connectivity index (χ0n) is 14.5. The van der Waals surface area contributed by atoms with Crippen LogP contribution in [0.4, 0.5) is 5.69 Å². The van der Waals surface area contributed by atoms with Crippen molar-refractivity contribution < 1.29 is 18.7 Å². The highest BCUT2D eigenvalue weighted by Crippen LogP contribution is 2.40. The molecule has 6 nitrogen and oxygen atoms in total. The highest BCUT2D eigenvalue weighted by molar-refractivity contribution is 5.92. The van der Waals surface area contributed by atoms with Crippen LogP contribution in [0.3, 0.4) is 0 Å². The van der Waals surface area contributed by atoms with Crippen molar-refractivity contribution in [2.24, 2.45) is 0 Å². The summed E-state index contributed by atoms with van der Waals surface area (Å²) in [6.45, 7) is 0.302. The largest absolute Gasteiger partial charge is 0.497 e. The summed E-state index contributed by atoms with van der Waals surface area (Å²) in [4.78, 5) is 16.6. The first-order valence-corrected chi connectivity index (χ1v) is 8.68. The Morgan fingerprint density at radius 1 is 1.19 bits per heavy atom. The van der Waals surface area contributed by atoms with E-state index in [0.29, 0.717) is 24.0 Å². The molecule has 0 radical (unpaired) electrons. The van der Waals surface area contributed by atoms with Crippen LogP contribution in [0.5, 0.6) is 11.5 Å². The van der Waals surface area contributed by atoms with Crippen LogP contribution in [0.2, 0.25) is 0 Å². The van der Waals surface area contributed by atoms with Gasteiger partial charge in [-0.05, 0) is 55.3 Å². The fourth-order valence-electron chi connectivity index (χ4n) is 2.68. The molecule has 26 heavy (non-hydrogen) atoms. The van der Waals surface area contributed by atoms with Crippen LogP contribution in [0.25, 0.3) is 11.1 Å². The van der Waals surface area contributed by atoms with E-state index in [4.69, 9.17) is 13.9 Å². The Labute approximate surface area is 151 Å². The van der Waals surface area contributed by atoms with Gasteiger partial charge >= 0.3 is 0 Å². The number of ether oxygens (including phenoxy) is 2. The second-order valence-electron chi connectivity index (χ2n) is 6.33. The predicted octanol–water partition coefficient (Wildman–Crippen LogP) is 4.12. The Kier molecular flexibility index (Phi) is 4.48. The van der Waals surface area contributed by atoms with Crippen LogP contribution in [-0.4, -0.2) is 24.6 Å². The monoisotopic (exact) mass is 352 g/mol. The number of hydrogen-bond donors (Lipinski definition) is 1. The van der Waals surface area contributed by atoms with Gasteiger partial charge in [0.25, 0.3) is 0 Å². The Hall–Kier alpha value is -3.02. The lowest BCUT2D eigenvalue weighted by molar-refractivity contribution is -0.116. The van der Waals surface area contributed by atoms with Crippen molar-refractivity contribution in [1.82, 2.24) is 4.98 Å². The highest BCUT2D eigenvalue weighted by atomic mass is 16.5. The molecule has 0 bridgehead atoms. The van der Waals surface area contributed by atoms with Crippen LogP contribution in [0.1, 0.15) is 31.1 Å². The Morgan fingerprint density at radius 2 is 1.96 bits per heavy atom. The third-order valence-electron chi connectivity index (χ3n) is 4.27. The van der Waals surface area contributed by atoms with Gasteiger partial charge in [-0.1, -0.05) is 0 Å². The SMILES string of the molecule is COc1ccc(OCCC(=O)Nc2ccc3oc(C4CC4)nc3c2)cc1. The smallest absolute Gasteiger partial charge is 0.227 e. The minimum atomic E-state index is -0.108. The maximum Gasteiger partial charge on any atom is 0.227 e. The van der Waals surface area contributed by atoms with Crippen molar-refractivity contribution in [2.75, 3.05) is 19.0 Å². The first-order valence-electron chi connectivity index (χ1n) is 8.68. The number of oxazole rings is 1. The van der Waals surface area contributed by atoms with E-state index >= 15 is 0 Å². The normalized spacial score (nSPS) is 13.6. The molecule has 1 amide bonds. The molecule has 134 valence electrons. The maximum atomic E-state index is 12.1. The van der Waals surface area contributed by atoms with Gasteiger partial charge in [-0.15, -0.1) is 0 Å². The van der Waals surface area contributed by atoms with E-state index in [9.17, 15) is 4.79 Å². The fraction of sp³-hybridized carbons (Fsp3) is 0.300. The molecule has 4 rings (SSSR count). The van der Waals surface area contributed by atoms with E-state index in [1.165, 1.54) is 0 Å². The number of rotatable bonds is 7. The molecule has 0 aliphatic heterocycles. The van der Waals surface area contributed by atoms with Crippen LogP contribution in [-0.2, 0) is 4.79 Å². The van der Waals surface area contributed by atoms with Gasteiger partial charge in [0.2, 0.25) is 5.91 Å². The molecule has 0 spiro atoms. The number of anilines is 1. The number of carbonyl (C=O) groups excluding carboxylic acids is 1. The van der Waals surface area contributed by atoms with Crippen molar-refractivity contribution in [1.29, 1.82) is 0 Å². The third kappa shape index (κ3) is 3.79. The first kappa shape index (κ1) is 16.4. The van der Waals surface area contributed by atoms with Crippen molar-refractivity contribution in [2.45, 2.75) is 25.2 Å². The van der Waals surface area contributed by atoms with Crippen LogP contribution in [0.15, 0.2) is 46.9 Å². The van der Waals surface area contributed by atoms with Crippen molar-refractivity contribution in [3.05, 3.63) is 48.4 Å². The Bertz CT molecular complexity index is 913. The lowest BCUT2D eigenvalue weighted by atomic mass is 10.2. The van der Waals surface area contributed by atoms with E-state index in [0.717, 1.165) is 35.6 Å². The van der Waals surface area contributed by atoms with Crippen molar-refractivity contribution >= 4 is 22.7 Å². The van der Waals surface area contributed by atoms with E-state index in [2.05, 4.69) is 10.3 Å². The molecule has 1 aliphatic carbocycles. The van der Waals surface area contributed by atoms with Crippen LogP contribution < -0.4 is 14.8 Å². The summed E-state index contributed by atoms with van der Waals surface area (Å²) in [6, 6.07) is 12.8. The van der Waals surface area contributed by atoms with Gasteiger partial charge in [-0.3, -0.25) is 4.79 Å². The summed E-state index contributed by atoms with van der Waals surface area (Å²) in [6.07, 6.45) is 2.55. The first-order chi connectivity index (χ1) is 12.7. The number of benzene rings is 2. The standard InChI is InChI=1S/C20H20N2O4/c1-24-15-5-7-16(8-6-15)25-11-10-19(23)21-14-4-9-18-17(12-14)22-20(26-18)13-2-3-13/h4-9,12-13H,2-3,10-11H2,1H3,(H,21,23). The molecule has 0 atom stereocenters. The number of nitrogens with one attached hydrogen (secondary N) is 1. The molecule has 1 aromatic heterocycles.